The SMILES string of the molecule is Cc1ccc(O)c(CNC(C)C(C)CO)n1. The molecule has 1 rings (SSSR count). The predicted molar refractivity (Wildman–Crippen MR) is 63.2 cm³/mol. The molecule has 0 amide bonds. The van der Waals surface area contributed by atoms with Gasteiger partial charge in [-0.05, 0) is 31.9 Å². The van der Waals surface area contributed by atoms with Crippen molar-refractivity contribution in [3.8, 4) is 5.75 Å². The van der Waals surface area contributed by atoms with E-state index in [0.29, 0.717) is 12.2 Å². The summed E-state index contributed by atoms with van der Waals surface area (Å²) in [4.78, 5) is 4.25. The van der Waals surface area contributed by atoms with Crippen molar-refractivity contribution in [3.63, 3.8) is 0 Å². The Morgan fingerprint density at radius 2 is 2.06 bits per heavy atom. The average Bonchev–Trinajstić information content (AvgIpc) is 2.28. The molecule has 3 N–H and O–H groups in total. The van der Waals surface area contributed by atoms with E-state index in [2.05, 4.69) is 10.3 Å². The Morgan fingerprint density at radius 3 is 2.69 bits per heavy atom. The first-order valence-electron chi connectivity index (χ1n) is 5.54. The van der Waals surface area contributed by atoms with Gasteiger partial charge < -0.3 is 15.5 Å². The molecule has 0 radical (unpaired) electrons. The van der Waals surface area contributed by atoms with Crippen molar-refractivity contribution in [2.45, 2.75) is 33.4 Å². The molecule has 2 atom stereocenters. The van der Waals surface area contributed by atoms with Crippen LogP contribution in [-0.2, 0) is 6.54 Å². The van der Waals surface area contributed by atoms with Gasteiger partial charge in [0.05, 0.1) is 5.69 Å². The Balaban J connectivity index is 2.57. The molecule has 16 heavy (non-hydrogen) atoms. The number of nitrogens with one attached hydrogen (secondary N) is 1. The fourth-order valence-electron chi connectivity index (χ4n) is 1.35. The van der Waals surface area contributed by atoms with Crippen LogP contribution in [0.25, 0.3) is 0 Å². The van der Waals surface area contributed by atoms with Crippen LogP contribution in [0.3, 0.4) is 0 Å². The molecule has 0 aromatic carbocycles. The van der Waals surface area contributed by atoms with Crippen molar-refractivity contribution >= 4 is 0 Å². The third-order valence-electron chi connectivity index (χ3n) is 2.82. The van der Waals surface area contributed by atoms with Crippen LogP contribution in [0.15, 0.2) is 12.1 Å². The van der Waals surface area contributed by atoms with Gasteiger partial charge in [-0.25, -0.2) is 0 Å². The molecule has 4 heteroatoms. The molecule has 0 aliphatic rings. The van der Waals surface area contributed by atoms with E-state index in [4.69, 9.17) is 5.11 Å². The van der Waals surface area contributed by atoms with Crippen molar-refractivity contribution < 1.29 is 10.2 Å². The molecule has 0 aliphatic carbocycles. The molecular formula is C12H20N2O2. The minimum absolute atomic E-state index is 0.154. The number of aliphatic hydroxyl groups excluding tert-OH is 1. The van der Waals surface area contributed by atoms with Gasteiger partial charge in [0.25, 0.3) is 0 Å². The molecular weight excluding hydrogens is 204 g/mol. The first-order chi connectivity index (χ1) is 7.54. The van der Waals surface area contributed by atoms with E-state index in [1.807, 2.05) is 20.8 Å². The number of aromatic nitrogens is 1. The summed E-state index contributed by atoms with van der Waals surface area (Å²) in [5.74, 6) is 0.397. The molecule has 1 aromatic rings. The smallest absolute Gasteiger partial charge is 0.138 e. The molecule has 4 nitrogen and oxygen atoms in total. The van der Waals surface area contributed by atoms with Crippen molar-refractivity contribution in [2.75, 3.05) is 6.61 Å². The zero-order valence-electron chi connectivity index (χ0n) is 10.1. The fraction of sp³-hybridized carbons (Fsp3) is 0.583. The second-order valence-electron chi connectivity index (χ2n) is 4.25. The third kappa shape index (κ3) is 3.47. The molecule has 0 bridgehead atoms. The van der Waals surface area contributed by atoms with Crippen LogP contribution >= 0.6 is 0 Å². The minimum atomic E-state index is 0.154. The molecule has 1 heterocycles. The zero-order valence-corrected chi connectivity index (χ0v) is 10.1. The maximum Gasteiger partial charge on any atom is 0.138 e. The normalized spacial score (nSPS) is 14.8. The Bertz CT molecular complexity index is 342. The van der Waals surface area contributed by atoms with Crippen LogP contribution in [0.4, 0.5) is 0 Å². The molecule has 0 fully saturated rings. The lowest BCUT2D eigenvalue weighted by atomic mass is 10.1. The number of aromatic hydroxyl groups is 1. The van der Waals surface area contributed by atoms with Gasteiger partial charge in [0, 0.05) is 24.9 Å². The Kier molecular flexibility index (Phi) is 4.71. The molecule has 0 saturated carbocycles. The lowest BCUT2D eigenvalue weighted by molar-refractivity contribution is 0.206. The van der Waals surface area contributed by atoms with Crippen LogP contribution in [0.2, 0.25) is 0 Å². The van der Waals surface area contributed by atoms with Gasteiger partial charge >= 0.3 is 0 Å². The summed E-state index contributed by atoms with van der Waals surface area (Å²) in [7, 11) is 0. The van der Waals surface area contributed by atoms with E-state index in [1.165, 1.54) is 0 Å². The summed E-state index contributed by atoms with van der Waals surface area (Å²) in [6.45, 7) is 6.54. The molecule has 0 aliphatic heterocycles. The maximum atomic E-state index is 9.59. The summed E-state index contributed by atoms with van der Waals surface area (Å²) < 4.78 is 0. The Labute approximate surface area is 96.3 Å². The largest absolute Gasteiger partial charge is 0.506 e. The minimum Gasteiger partial charge on any atom is -0.506 e. The fourth-order valence-corrected chi connectivity index (χ4v) is 1.35. The summed E-state index contributed by atoms with van der Waals surface area (Å²) in [5.41, 5.74) is 1.54. The molecule has 90 valence electrons. The van der Waals surface area contributed by atoms with E-state index in [1.54, 1.807) is 12.1 Å². The van der Waals surface area contributed by atoms with Crippen molar-refractivity contribution in [2.24, 2.45) is 5.92 Å². The standard InChI is InChI=1S/C12H20N2O2/c1-8(7-15)10(3)13-6-11-12(16)5-4-9(2)14-11/h4-5,8,10,13,15-16H,6-7H2,1-3H3. The highest BCUT2D eigenvalue weighted by Crippen LogP contribution is 2.14. The van der Waals surface area contributed by atoms with Gasteiger partial charge in [-0.3, -0.25) is 4.98 Å². The topological polar surface area (TPSA) is 65.4 Å². The summed E-state index contributed by atoms with van der Waals surface area (Å²) in [6, 6.07) is 3.62. The van der Waals surface area contributed by atoms with E-state index in [0.717, 1.165) is 5.69 Å². The van der Waals surface area contributed by atoms with Crippen molar-refractivity contribution in [3.05, 3.63) is 23.5 Å². The van der Waals surface area contributed by atoms with Crippen molar-refractivity contribution in [1.29, 1.82) is 0 Å². The first-order valence-corrected chi connectivity index (χ1v) is 5.54. The number of hydrogen-bond acceptors (Lipinski definition) is 4. The van der Waals surface area contributed by atoms with E-state index in [9.17, 15) is 5.11 Å². The van der Waals surface area contributed by atoms with Crippen molar-refractivity contribution in [1.82, 2.24) is 10.3 Å². The van der Waals surface area contributed by atoms with Crippen LogP contribution in [-0.4, -0.2) is 27.8 Å². The zero-order chi connectivity index (χ0) is 12.1. The second kappa shape index (κ2) is 5.82. The van der Waals surface area contributed by atoms with Gasteiger partial charge in [0.1, 0.15) is 5.75 Å². The lowest BCUT2D eigenvalue weighted by Gasteiger charge is -2.19. The van der Waals surface area contributed by atoms with Gasteiger partial charge in [-0.15, -0.1) is 0 Å². The summed E-state index contributed by atoms with van der Waals surface area (Å²) in [6.07, 6.45) is 0. The van der Waals surface area contributed by atoms with E-state index < -0.39 is 0 Å². The van der Waals surface area contributed by atoms with Gasteiger partial charge in [-0.2, -0.15) is 0 Å². The first kappa shape index (κ1) is 12.9. The van der Waals surface area contributed by atoms with Crippen LogP contribution in [0.5, 0.6) is 5.75 Å². The predicted octanol–water partition coefficient (Wildman–Crippen LogP) is 1.20. The number of nitrogens with zero attached hydrogens (tertiary/aromatic N) is 1. The molecule has 2 unspecified atom stereocenters. The highest BCUT2D eigenvalue weighted by molar-refractivity contribution is 5.27. The third-order valence-corrected chi connectivity index (χ3v) is 2.82. The van der Waals surface area contributed by atoms with Crippen LogP contribution in [0, 0.1) is 12.8 Å². The number of pyridine rings is 1. The van der Waals surface area contributed by atoms with Gasteiger partial charge in [0.2, 0.25) is 0 Å². The average molecular weight is 224 g/mol. The maximum absolute atomic E-state index is 9.59. The quantitative estimate of drug-likeness (QED) is 0.703. The number of hydrogen-bond donors (Lipinski definition) is 3. The molecule has 0 spiro atoms. The van der Waals surface area contributed by atoms with Gasteiger partial charge in [-0.1, -0.05) is 6.92 Å². The van der Waals surface area contributed by atoms with E-state index in [-0.39, 0.29) is 24.3 Å². The Hall–Kier alpha value is -1.13. The monoisotopic (exact) mass is 224 g/mol. The summed E-state index contributed by atoms with van der Waals surface area (Å²) in [5, 5.41) is 21.8. The van der Waals surface area contributed by atoms with Crippen LogP contribution in [0.1, 0.15) is 25.2 Å². The Morgan fingerprint density at radius 1 is 1.38 bits per heavy atom. The van der Waals surface area contributed by atoms with Gasteiger partial charge in [0.15, 0.2) is 0 Å². The number of rotatable bonds is 5. The molecule has 0 saturated heterocycles. The highest BCUT2D eigenvalue weighted by Gasteiger charge is 2.11. The van der Waals surface area contributed by atoms with E-state index >= 15 is 0 Å². The second-order valence-corrected chi connectivity index (χ2v) is 4.25. The number of aliphatic hydroxyl groups is 1. The lowest BCUT2D eigenvalue weighted by Crippen LogP contribution is -2.33. The number of aryl methyl sites for hydroxylation is 1. The molecule has 1 aromatic heterocycles. The van der Waals surface area contributed by atoms with Crippen LogP contribution < -0.4 is 5.32 Å². The highest BCUT2D eigenvalue weighted by atomic mass is 16.3. The summed E-state index contributed by atoms with van der Waals surface area (Å²) >= 11 is 0.